The Morgan fingerprint density at radius 2 is 2.06 bits per heavy atom. The Kier molecular flexibility index (Phi) is 5.53. The number of hydrogen-bond acceptors (Lipinski definition) is 7. The lowest BCUT2D eigenvalue weighted by Gasteiger charge is -2.13. The standard InChI is InChI=1S/C20H13F3N4O4S/c1-2-14(28)24-8-11-7-13(10-3-5-12(6-4-10)30-20(21,22)23)16-17(32-9-25-16)15(11)18-26-19(29)31-27-18/h2-7,9H,1,8H2,(H,24,28)(H,26,27,29). The van der Waals surface area contributed by atoms with Gasteiger partial charge in [-0.2, -0.15) is 0 Å². The largest absolute Gasteiger partial charge is 0.573 e. The number of carbonyl (C=O) groups excluding carboxylic acids is 1. The van der Waals surface area contributed by atoms with Gasteiger partial charge in [0.15, 0.2) is 5.82 Å². The maximum atomic E-state index is 12.5. The average molecular weight is 462 g/mol. The molecule has 0 spiro atoms. The van der Waals surface area contributed by atoms with Crippen LogP contribution in [0.3, 0.4) is 0 Å². The summed E-state index contributed by atoms with van der Waals surface area (Å²) in [5, 5.41) is 6.42. The van der Waals surface area contributed by atoms with Crippen molar-refractivity contribution < 1.29 is 27.2 Å². The van der Waals surface area contributed by atoms with Gasteiger partial charge in [-0.25, -0.2) is 9.78 Å². The van der Waals surface area contributed by atoms with Crippen molar-refractivity contribution >= 4 is 27.5 Å². The van der Waals surface area contributed by atoms with E-state index in [4.69, 9.17) is 0 Å². The summed E-state index contributed by atoms with van der Waals surface area (Å²) in [6.45, 7) is 3.47. The Bertz CT molecular complexity index is 1360. The van der Waals surface area contributed by atoms with E-state index in [0.29, 0.717) is 32.5 Å². The number of aromatic amines is 1. The van der Waals surface area contributed by atoms with Crippen LogP contribution in [0, 0.1) is 0 Å². The third-order valence-electron chi connectivity index (χ3n) is 4.40. The van der Waals surface area contributed by atoms with Gasteiger partial charge in [0, 0.05) is 17.7 Å². The molecule has 0 atom stereocenters. The third kappa shape index (κ3) is 4.39. The van der Waals surface area contributed by atoms with Gasteiger partial charge in [0.2, 0.25) is 5.91 Å². The van der Waals surface area contributed by atoms with Crippen LogP contribution in [0.15, 0.2) is 57.8 Å². The Labute approximate surface area is 181 Å². The van der Waals surface area contributed by atoms with Crippen LogP contribution < -0.4 is 15.8 Å². The van der Waals surface area contributed by atoms with Crippen molar-refractivity contribution in [1.82, 2.24) is 20.4 Å². The van der Waals surface area contributed by atoms with Crippen molar-refractivity contribution in [3.63, 3.8) is 0 Å². The van der Waals surface area contributed by atoms with E-state index in [-0.39, 0.29) is 18.1 Å². The first-order valence-electron chi connectivity index (χ1n) is 8.97. The molecule has 2 heterocycles. The van der Waals surface area contributed by atoms with Crippen LogP contribution in [-0.2, 0) is 11.3 Å². The van der Waals surface area contributed by atoms with Crippen molar-refractivity contribution in [2.75, 3.05) is 0 Å². The summed E-state index contributed by atoms with van der Waals surface area (Å²) in [6, 6.07) is 7.05. The van der Waals surface area contributed by atoms with E-state index in [9.17, 15) is 22.8 Å². The van der Waals surface area contributed by atoms with Crippen LogP contribution in [0.1, 0.15) is 5.56 Å². The number of hydrogen-bond donors (Lipinski definition) is 2. The van der Waals surface area contributed by atoms with Crippen LogP contribution in [0.4, 0.5) is 13.2 Å². The third-order valence-corrected chi connectivity index (χ3v) is 5.25. The van der Waals surface area contributed by atoms with Gasteiger partial charge in [-0.3, -0.25) is 14.3 Å². The van der Waals surface area contributed by atoms with Crippen molar-refractivity contribution in [1.29, 1.82) is 0 Å². The molecule has 8 nitrogen and oxygen atoms in total. The van der Waals surface area contributed by atoms with Gasteiger partial charge in [0.1, 0.15) is 5.75 Å². The summed E-state index contributed by atoms with van der Waals surface area (Å²) in [5.41, 5.74) is 4.40. The fraction of sp³-hybridized carbons (Fsp3) is 0.100. The SMILES string of the molecule is C=CC(=O)NCc1cc(-c2ccc(OC(F)(F)F)cc2)c2ncsc2c1-c1noc(=O)[nH]1. The summed E-state index contributed by atoms with van der Waals surface area (Å²) in [6.07, 6.45) is -3.68. The molecule has 2 aromatic heterocycles. The number of benzene rings is 2. The summed E-state index contributed by atoms with van der Waals surface area (Å²) >= 11 is 1.27. The Balaban J connectivity index is 1.85. The summed E-state index contributed by atoms with van der Waals surface area (Å²) in [7, 11) is 0. The second-order valence-electron chi connectivity index (χ2n) is 6.43. The molecule has 0 saturated carbocycles. The molecule has 0 aliphatic rings. The molecule has 0 saturated heterocycles. The Morgan fingerprint density at radius 3 is 2.69 bits per heavy atom. The minimum atomic E-state index is -4.80. The fourth-order valence-corrected chi connectivity index (χ4v) is 4.01. The smallest absolute Gasteiger partial charge is 0.406 e. The molecule has 0 unspecified atom stereocenters. The van der Waals surface area contributed by atoms with Gasteiger partial charge < -0.3 is 10.1 Å². The molecule has 0 aliphatic heterocycles. The maximum Gasteiger partial charge on any atom is 0.573 e. The molecular formula is C20H13F3N4O4S. The van der Waals surface area contributed by atoms with Gasteiger partial charge in [-0.05, 0) is 35.4 Å². The van der Waals surface area contributed by atoms with Crippen LogP contribution in [-0.4, -0.2) is 27.4 Å². The van der Waals surface area contributed by atoms with E-state index in [0.717, 1.165) is 6.08 Å². The van der Waals surface area contributed by atoms with Gasteiger partial charge in [-0.1, -0.05) is 23.9 Å². The zero-order chi connectivity index (χ0) is 22.9. The van der Waals surface area contributed by atoms with Gasteiger partial charge >= 0.3 is 12.1 Å². The Hall–Kier alpha value is -3.93. The molecule has 1 amide bonds. The molecule has 2 aromatic carbocycles. The lowest BCUT2D eigenvalue weighted by atomic mass is 9.97. The first-order valence-corrected chi connectivity index (χ1v) is 9.85. The molecular weight excluding hydrogens is 449 g/mol. The lowest BCUT2D eigenvalue weighted by molar-refractivity contribution is -0.274. The number of rotatable bonds is 6. The van der Waals surface area contributed by atoms with E-state index >= 15 is 0 Å². The maximum absolute atomic E-state index is 12.5. The molecule has 164 valence electrons. The van der Waals surface area contributed by atoms with E-state index in [1.165, 1.54) is 35.6 Å². The van der Waals surface area contributed by atoms with Crippen molar-refractivity contribution in [3.05, 3.63) is 64.6 Å². The van der Waals surface area contributed by atoms with Crippen LogP contribution in [0.2, 0.25) is 0 Å². The molecule has 0 fully saturated rings. The number of ether oxygens (including phenoxy) is 1. The topological polar surface area (TPSA) is 110 Å². The highest BCUT2D eigenvalue weighted by molar-refractivity contribution is 7.17. The highest BCUT2D eigenvalue weighted by Crippen LogP contribution is 2.39. The highest BCUT2D eigenvalue weighted by Gasteiger charge is 2.31. The predicted molar refractivity (Wildman–Crippen MR) is 110 cm³/mol. The van der Waals surface area contributed by atoms with Crippen LogP contribution >= 0.6 is 11.3 Å². The van der Waals surface area contributed by atoms with Crippen LogP contribution in [0.5, 0.6) is 5.75 Å². The number of fused-ring (bicyclic) bond motifs is 1. The summed E-state index contributed by atoms with van der Waals surface area (Å²) in [4.78, 5) is 30.1. The van der Waals surface area contributed by atoms with Crippen molar-refractivity contribution in [3.8, 4) is 28.3 Å². The van der Waals surface area contributed by atoms with Gasteiger partial charge in [-0.15, -0.1) is 24.5 Å². The molecule has 0 radical (unpaired) electrons. The van der Waals surface area contributed by atoms with Crippen molar-refractivity contribution in [2.24, 2.45) is 0 Å². The number of H-pyrrole nitrogens is 1. The number of thiazole rings is 1. The quantitative estimate of drug-likeness (QED) is 0.419. The highest BCUT2D eigenvalue weighted by atomic mass is 32.1. The summed E-state index contributed by atoms with van der Waals surface area (Å²) < 4.78 is 46.6. The average Bonchev–Trinajstić information content (AvgIpc) is 3.40. The second-order valence-corrected chi connectivity index (χ2v) is 7.28. The number of nitrogens with one attached hydrogen (secondary N) is 2. The number of amides is 1. The normalized spacial score (nSPS) is 11.5. The van der Waals surface area contributed by atoms with E-state index in [1.54, 1.807) is 11.6 Å². The number of aromatic nitrogens is 3. The van der Waals surface area contributed by atoms with Gasteiger partial charge in [0.05, 0.1) is 15.7 Å². The molecule has 0 bridgehead atoms. The first-order chi connectivity index (χ1) is 15.2. The minimum absolute atomic E-state index is 0.0607. The number of carbonyl (C=O) groups is 1. The lowest BCUT2D eigenvalue weighted by Crippen LogP contribution is -2.20. The van der Waals surface area contributed by atoms with Crippen molar-refractivity contribution in [2.45, 2.75) is 12.9 Å². The summed E-state index contributed by atoms with van der Waals surface area (Å²) in [5.74, 6) is -1.36. The van der Waals surface area contributed by atoms with E-state index in [1.807, 2.05) is 0 Å². The van der Waals surface area contributed by atoms with Gasteiger partial charge in [0.25, 0.3) is 0 Å². The zero-order valence-electron chi connectivity index (χ0n) is 16.0. The fourth-order valence-electron chi connectivity index (χ4n) is 3.12. The number of nitrogens with zero attached hydrogens (tertiary/aromatic N) is 2. The molecule has 0 aliphatic carbocycles. The van der Waals surface area contributed by atoms with E-state index < -0.39 is 18.0 Å². The molecule has 4 aromatic rings. The number of halogens is 3. The van der Waals surface area contributed by atoms with E-state index in [2.05, 4.69) is 36.3 Å². The molecule has 32 heavy (non-hydrogen) atoms. The zero-order valence-corrected chi connectivity index (χ0v) is 16.8. The first kappa shape index (κ1) is 21.3. The monoisotopic (exact) mass is 462 g/mol. The predicted octanol–water partition coefficient (Wildman–Crippen LogP) is 4.01. The molecule has 12 heteroatoms. The molecule has 4 rings (SSSR count). The number of alkyl halides is 3. The Morgan fingerprint density at radius 1 is 1.31 bits per heavy atom. The molecule has 2 N–H and O–H groups in total. The van der Waals surface area contributed by atoms with Crippen LogP contribution in [0.25, 0.3) is 32.7 Å². The second kappa shape index (κ2) is 8.30. The minimum Gasteiger partial charge on any atom is -0.406 e.